The topological polar surface area (TPSA) is 82.2 Å². The van der Waals surface area contributed by atoms with E-state index in [1.807, 2.05) is 0 Å². The third-order valence-corrected chi connectivity index (χ3v) is 2.41. The highest BCUT2D eigenvalue weighted by Gasteiger charge is 2.10. The van der Waals surface area contributed by atoms with Gasteiger partial charge in [0.2, 0.25) is 0 Å². The molecule has 18 heavy (non-hydrogen) atoms. The van der Waals surface area contributed by atoms with Crippen molar-refractivity contribution in [2.75, 3.05) is 5.32 Å². The van der Waals surface area contributed by atoms with Crippen molar-refractivity contribution >= 4 is 11.6 Å². The van der Waals surface area contributed by atoms with Crippen LogP contribution in [0.15, 0.2) is 41.3 Å². The minimum atomic E-state index is -0.512. The summed E-state index contributed by atoms with van der Waals surface area (Å²) in [7, 11) is 0. The molecule has 1 aromatic heterocycles. The highest BCUT2D eigenvalue weighted by Crippen LogP contribution is 2.15. The van der Waals surface area contributed by atoms with Crippen LogP contribution in [0, 0.1) is 6.92 Å². The van der Waals surface area contributed by atoms with Gasteiger partial charge < -0.3 is 15.4 Å². The number of carbonyl (C=O) groups is 1. The Labute approximate surface area is 103 Å². The second kappa shape index (κ2) is 4.75. The minimum Gasteiger partial charge on any atom is -0.508 e. The van der Waals surface area contributed by atoms with Crippen LogP contribution >= 0.6 is 0 Å². The number of hydrogen-bond donors (Lipinski definition) is 3. The maximum absolute atomic E-state index is 11.8. The first-order valence-corrected chi connectivity index (χ1v) is 5.36. The highest BCUT2D eigenvalue weighted by atomic mass is 16.3. The first-order valence-electron chi connectivity index (χ1n) is 5.36. The van der Waals surface area contributed by atoms with Crippen LogP contribution in [-0.4, -0.2) is 16.0 Å². The number of pyridine rings is 1. The Kier molecular flexibility index (Phi) is 3.14. The van der Waals surface area contributed by atoms with Crippen LogP contribution in [0.4, 0.5) is 5.69 Å². The molecular weight excluding hydrogens is 232 g/mol. The Morgan fingerprint density at radius 3 is 2.78 bits per heavy atom. The molecule has 2 aromatic rings. The number of H-pyrrole nitrogens is 1. The van der Waals surface area contributed by atoms with E-state index in [9.17, 15) is 14.7 Å². The molecule has 5 nitrogen and oxygen atoms in total. The number of aromatic nitrogens is 1. The molecule has 0 radical (unpaired) electrons. The summed E-state index contributed by atoms with van der Waals surface area (Å²) in [6.45, 7) is 1.73. The number of anilines is 1. The van der Waals surface area contributed by atoms with Gasteiger partial charge in [0.05, 0.1) is 0 Å². The number of aromatic hydroxyl groups is 1. The fraction of sp³-hybridized carbons (Fsp3) is 0.0769. The predicted molar refractivity (Wildman–Crippen MR) is 67.9 cm³/mol. The van der Waals surface area contributed by atoms with Crippen molar-refractivity contribution in [3.8, 4) is 5.75 Å². The van der Waals surface area contributed by atoms with Crippen molar-refractivity contribution in [3.63, 3.8) is 0 Å². The van der Waals surface area contributed by atoms with Crippen molar-refractivity contribution in [2.24, 2.45) is 0 Å². The zero-order valence-electron chi connectivity index (χ0n) is 9.73. The van der Waals surface area contributed by atoms with E-state index in [1.165, 1.54) is 24.4 Å². The van der Waals surface area contributed by atoms with Crippen molar-refractivity contribution < 1.29 is 9.90 Å². The summed E-state index contributed by atoms with van der Waals surface area (Å²) < 4.78 is 0. The van der Waals surface area contributed by atoms with E-state index >= 15 is 0 Å². The van der Waals surface area contributed by atoms with E-state index < -0.39 is 5.91 Å². The fourth-order valence-electron chi connectivity index (χ4n) is 1.53. The zero-order valence-corrected chi connectivity index (χ0v) is 9.73. The van der Waals surface area contributed by atoms with Gasteiger partial charge in [-0.25, -0.2) is 0 Å². The normalized spacial score (nSPS) is 10.1. The SMILES string of the molecule is Cc1cc(=O)c(C(=O)Nc2cccc(O)c2)c[nH]1. The molecule has 0 spiro atoms. The van der Waals surface area contributed by atoms with Gasteiger partial charge in [-0.1, -0.05) is 6.07 Å². The van der Waals surface area contributed by atoms with Crippen LogP contribution in [0.25, 0.3) is 0 Å². The van der Waals surface area contributed by atoms with Gasteiger partial charge in [0.15, 0.2) is 5.43 Å². The molecule has 92 valence electrons. The van der Waals surface area contributed by atoms with Gasteiger partial charge >= 0.3 is 0 Å². The third-order valence-electron chi connectivity index (χ3n) is 2.41. The second-order valence-electron chi connectivity index (χ2n) is 3.90. The molecule has 2 rings (SSSR count). The number of amides is 1. The molecule has 1 aromatic carbocycles. The molecule has 0 unspecified atom stereocenters. The first-order chi connectivity index (χ1) is 8.56. The van der Waals surface area contributed by atoms with Crippen LogP contribution in [0.5, 0.6) is 5.75 Å². The molecular formula is C13H12N2O3. The number of aromatic amines is 1. The number of aryl methyl sites for hydroxylation is 1. The Balaban J connectivity index is 2.25. The van der Waals surface area contributed by atoms with Crippen LogP contribution in [0.1, 0.15) is 16.1 Å². The van der Waals surface area contributed by atoms with Gasteiger partial charge in [-0.05, 0) is 19.1 Å². The van der Waals surface area contributed by atoms with Gasteiger partial charge in [-0.2, -0.15) is 0 Å². The minimum absolute atomic E-state index is 0.0314. The van der Waals surface area contributed by atoms with Crippen LogP contribution in [0.3, 0.4) is 0 Å². The van der Waals surface area contributed by atoms with Crippen molar-refractivity contribution in [2.45, 2.75) is 6.92 Å². The smallest absolute Gasteiger partial charge is 0.261 e. The number of carbonyl (C=O) groups excluding carboxylic acids is 1. The fourth-order valence-corrected chi connectivity index (χ4v) is 1.53. The molecule has 5 heteroatoms. The number of rotatable bonds is 2. The van der Waals surface area contributed by atoms with Crippen molar-refractivity contribution in [3.05, 3.63) is 58.0 Å². The van der Waals surface area contributed by atoms with Crippen molar-refractivity contribution in [1.82, 2.24) is 4.98 Å². The lowest BCUT2D eigenvalue weighted by Gasteiger charge is -2.05. The third kappa shape index (κ3) is 2.57. The van der Waals surface area contributed by atoms with E-state index in [1.54, 1.807) is 19.1 Å². The summed E-state index contributed by atoms with van der Waals surface area (Å²) in [6, 6.07) is 7.48. The largest absolute Gasteiger partial charge is 0.508 e. The van der Waals surface area contributed by atoms with E-state index in [-0.39, 0.29) is 16.7 Å². The summed E-state index contributed by atoms with van der Waals surface area (Å²) >= 11 is 0. The van der Waals surface area contributed by atoms with Gasteiger partial charge in [0, 0.05) is 29.7 Å². The average molecular weight is 244 g/mol. The second-order valence-corrected chi connectivity index (χ2v) is 3.90. The predicted octanol–water partition coefficient (Wildman–Crippen LogP) is 1.64. The Morgan fingerprint density at radius 1 is 1.33 bits per heavy atom. The maximum atomic E-state index is 11.8. The molecule has 0 bridgehead atoms. The summed E-state index contributed by atoms with van der Waals surface area (Å²) in [4.78, 5) is 26.3. The molecule has 0 aliphatic rings. The highest BCUT2D eigenvalue weighted by molar-refractivity contribution is 6.04. The number of phenols is 1. The van der Waals surface area contributed by atoms with Gasteiger partial charge in [0.25, 0.3) is 5.91 Å². The molecule has 0 aliphatic carbocycles. The molecule has 1 amide bonds. The van der Waals surface area contributed by atoms with Gasteiger partial charge in [-0.15, -0.1) is 0 Å². The molecule has 0 atom stereocenters. The standard InChI is InChI=1S/C13H12N2O3/c1-8-5-12(17)11(7-14-8)13(18)15-9-3-2-4-10(16)6-9/h2-7,16H,1H3,(H,14,17)(H,15,18). The first kappa shape index (κ1) is 11.9. The Hall–Kier alpha value is -2.56. The van der Waals surface area contributed by atoms with Gasteiger partial charge in [-0.3, -0.25) is 9.59 Å². The lowest BCUT2D eigenvalue weighted by molar-refractivity contribution is 0.102. The summed E-state index contributed by atoms with van der Waals surface area (Å²) in [5.74, 6) is -0.465. The Bertz CT molecular complexity index is 647. The van der Waals surface area contributed by atoms with Crippen molar-refractivity contribution in [1.29, 1.82) is 0 Å². The van der Waals surface area contributed by atoms with E-state index in [0.717, 1.165) is 0 Å². The molecule has 0 aliphatic heterocycles. The average Bonchev–Trinajstić information content (AvgIpc) is 2.28. The Morgan fingerprint density at radius 2 is 2.11 bits per heavy atom. The monoisotopic (exact) mass is 244 g/mol. The molecule has 0 fully saturated rings. The van der Waals surface area contributed by atoms with Gasteiger partial charge in [0.1, 0.15) is 11.3 Å². The summed E-state index contributed by atoms with van der Waals surface area (Å²) in [5.41, 5.74) is 0.807. The lowest BCUT2D eigenvalue weighted by Crippen LogP contribution is -2.21. The van der Waals surface area contributed by atoms with E-state index in [2.05, 4.69) is 10.3 Å². The molecule has 0 saturated carbocycles. The van der Waals surface area contributed by atoms with E-state index in [4.69, 9.17) is 0 Å². The number of hydrogen-bond acceptors (Lipinski definition) is 3. The zero-order chi connectivity index (χ0) is 13.1. The van der Waals surface area contributed by atoms with E-state index in [0.29, 0.717) is 11.4 Å². The maximum Gasteiger partial charge on any atom is 0.261 e. The number of phenolic OH excluding ortho intramolecular Hbond substituents is 1. The summed E-state index contributed by atoms with van der Waals surface area (Å²) in [6.07, 6.45) is 1.37. The molecule has 0 saturated heterocycles. The number of nitrogens with one attached hydrogen (secondary N) is 2. The number of benzene rings is 1. The van der Waals surface area contributed by atoms with Crippen LogP contribution < -0.4 is 10.7 Å². The molecule has 1 heterocycles. The summed E-state index contributed by atoms with van der Waals surface area (Å²) in [5, 5.41) is 11.8. The van der Waals surface area contributed by atoms with Crippen LogP contribution in [0.2, 0.25) is 0 Å². The quantitative estimate of drug-likeness (QED) is 0.751. The molecule has 3 N–H and O–H groups in total. The lowest BCUT2D eigenvalue weighted by atomic mass is 10.2. The van der Waals surface area contributed by atoms with Crippen LogP contribution in [-0.2, 0) is 0 Å².